The number of aromatic nitrogens is 2. The zero-order valence-electron chi connectivity index (χ0n) is 17.5. The van der Waals surface area contributed by atoms with E-state index in [1.54, 1.807) is 24.6 Å². The monoisotopic (exact) mass is 414 g/mol. The molecule has 7 heteroatoms. The van der Waals surface area contributed by atoms with Crippen LogP contribution in [0.4, 0.5) is 11.4 Å². The molecule has 156 valence electrons. The summed E-state index contributed by atoms with van der Waals surface area (Å²) in [6, 6.07) is 19.1. The lowest BCUT2D eigenvalue weighted by Crippen LogP contribution is -2.15. The molecule has 31 heavy (non-hydrogen) atoms. The lowest BCUT2D eigenvalue weighted by atomic mass is 10.0. The van der Waals surface area contributed by atoms with Crippen LogP contribution in [0.15, 0.2) is 67.0 Å². The van der Waals surface area contributed by atoms with E-state index < -0.39 is 5.60 Å². The minimum absolute atomic E-state index is 0.357. The smallest absolute Gasteiger partial charge is 0.154 e. The summed E-state index contributed by atoms with van der Waals surface area (Å²) in [5.74, 6) is 1.91. The molecule has 0 aliphatic rings. The number of nitriles is 1. The molecule has 0 fully saturated rings. The third-order valence-electron chi connectivity index (χ3n) is 4.84. The first-order chi connectivity index (χ1) is 14.9. The Hall–Kier alpha value is -4.02. The van der Waals surface area contributed by atoms with E-state index >= 15 is 0 Å². The summed E-state index contributed by atoms with van der Waals surface area (Å²) in [5, 5.41) is 27.8. The first kappa shape index (κ1) is 20.3. The summed E-state index contributed by atoms with van der Waals surface area (Å²) in [6.45, 7) is 3.35. The number of methoxy groups -OCH3 is 1. The minimum atomic E-state index is -1.14. The first-order valence-corrected chi connectivity index (χ1v) is 9.72. The van der Waals surface area contributed by atoms with Gasteiger partial charge in [-0.05, 0) is 50.2 Å². The van der Waals surface area contributed by atoms with Crippen molar-refractivity contribution in [1.82, 2.24) is 9.61 Å². The Balaban J connectivity index is 1.72. The van der Waals surface area contributed by atoms with Crippen LogP contribution in [0, 0.1) is 11.3 Å². The van der Waals surface area contributed by atoms with Crippen molar-refractivity contribution in [1.29, 1.82) is 5.26 Å². The Labute approximate surface area is 180 Å². The minimum Gasteiger partial charge on any atom is -0.494 e. The van der Waals surface area contributed by atoms with Crippen LogP contribution in [-0.4, -0.2) is 21.8 Å². The first-order valence-electron chi connectivity index (χ1n) is 9.72. The van der Waals surface area contributed by atoms with Gasteiger partial charge in [-0.1, -0.05) is 18.2 Å². The molecule has 0 saturated carbocycles. The van der Waals surface area contributed by atoms with Crippen LogP contribution in [-0.2, 0) is 5.60 Å². The highest BCUT2D eigenvalue weighted by Crippen LogP contribution is 2.40. The molecule has 0 bridgehead atoms. The van der Waals surface area contributed by atoms with Gasteiger partial charge in [0.05, 0.1) is 30.2 Å². The predicted octanol–water partition coefficient (Wildman–Crippen LogP) is 4.98. The second-order valence-electron chi connectivity index (χ2n) is 7.54. The summed E-state index contributed by atoms with van der Waals surface area (Å²) in [5.41, 5.74) is 1.67. The summed E-state index contributed by atoms with van der Waals surface area (Å²) in [4.78, 5) is 0. The zero-order valence-corrected chi connectivity index (χ0v) is 17.5. The van der Waals surface area contributed by atoms with Gasteiger partial charge >= 0.3 is 0 Å². The lowest BCUT2D eigenvalue weighted by Gasteiger charge is -2.17. The number of ether oxygens (including phenoxy) is 2. The molecule has 0 amide bonds. The van der Waals surface area contributed by atoms with Crippen LogP contribution in [0.5, 0.6) is 17.2 Å². The molecule has 0 saturated heterocycles. The third-order valence-corrected chi connectivity index (χ3v) is 4.84. The SMILES string of the molecule is COc1c(C(C)(C)O)cn2ncc(C#N)c(Nc3ccc(Oc4ccccc4)cc3)c12. The van der Waals surface area contributed by atoms with Gasteiger partial charge < -0.3 is 19.9 Å². The van der Waals surface area contributed by atoms with E-state index in [0.717, 1.165) is 11.4 Å². The van der Waals surface area contributed by atoms with Gasteiger partial charge in [0.2, 0.25) is 0 Å². The van der Waals surface area contributed by atoms with Crippen molar-refractivity contribution in [2.75, 3.05) is 12.4 Å². The molecule has 0 spiro atoms. The van der Waals surface area contributed by atoms with Gasteiger partial charge in [0.1, 0.15) is 23.1 Å². The molecule has 0 aliphatic heterocycles. The molecule has 2 aromatic carbocycles. The number of anilines is 2. The van der Waals surface area contributed by atoms with E-state index in [9.17, 15) is 10.4 Å². The van der Waals surface area contributed by atoms with E-state index in [1.807, 2.05) is 54.6 Å². The van der Waals surface area contributed by atoms with E-state index in [-0.39, 0.29) is 0 Å². The topological polar surface area (TPSA) is 91.8 Å². The van der Waals surface area contributed by atoms with E-state index in [2.05, 4.69) is 16.5 Å². The molecular formula is C24H22N4O3. The number of rotatable bonds is 6. The molecule has 0 atom stereocenters. The number of para-hydroxylation sites is 1. The van der Waals surface area contributed by atoms with Crippen LogP contribution in [0.25, 0.3) is 5.52 Å². The average molecular weight is 414 g/mol. The third kappa shape index (κ3) is 4.02. The highest BCUT2D eigenvalue weighted by Gasteiger charge is 2.27. The molecular weight excluding hydrogens is 392 g/mol. The standard InChI is InChI=1S/C24H22N4O3/c1-24(2,29)20-15-28-22(23(20)30-3)21(16(13-25)14-26-28)27-17-9-11-19(12-10-17)31-18-7-5-4-6-8-18/h4-12,14-15,27,29H,1-3H3. The molecule has 2 aromatic heterocycles. The van der Waals surface area contributed by atoms with Gasteiger partial charge in [0, 0.05) is 17.4 Å². The normalized spacial score (nSPS) is 11.2. The maximum atomic E-state index is 10.5. The molecule has 2 N–H and O–H groups in total. The molecule has 2 heterocycles. The van der Waals surface area contributed by atoms with E-state index in [4.69, 9.17) is 9.47 Å². The van der Waals surface area contributed by atoms with Crippen molar-refractivity contribution >= 4 is 16.9 Å². The fraction of sp³-hybridized carbons (Fsp3) is 0.167. The van der Waals surface area contributed by atoms with Crippen molar-refractivity contribution in [2.24, 2.45) is 0 Å². The van der Waals surface area contributed by atoms with Gasteiger partial charge in [0.25, 0.3) is 0 Å². The number of aliphatic hydroxyl groups is 1. The number of hydrogen-bond donors (Lipinski definition) is 2. The summed E-state index contributed by atoms with van der Waals surface area (Å²) < 4.78 is 13.0. The molecule has 7 nitrogen and oxygen atoms in total. The Kier molecular flexibility index (Phi) is 5.24. The highest BCUT2D eigenvalue weighted by atomic mass is 16.5. The van der Waals surface area contributed by atoms with Crippen molar-refractivity contribution in [2.45, 2.75) is 19.4 Å². The van der Waals surface area contributed by atoms with Crippen LogP contribution in [0.3, 0.4) is 0 Å². The molecule has 0 unspecified atom stereocenters. The Morgan fingerprint density at radius 3 is 2.35 bits per heavy atom. The largest absolute Gasteiger partial charge is 0.494 e. The van der Waals surface area contributed by atoms with E-state index in [1.165, 1.54) is 13.3 Å². The Bertz CT molecular complexity index is 1250. The number of fused-ring (bicyclic) bond motifs is 1. The van der Waals surface area contributed by atoms with E-state index in [0.29, 0.717) is 33.8 Å². The van der Waals surface area contributed by atoms with Crippen molar-refractivity contribution in [3.63, 3.8) is 0 Å². The van der Waals surface area contributed by atoms with Gasteiger partial charge in [-0.25, -0.2) is 4.52 Å². The number of nitrogens with one attached hydrogen (secondary N) is 1. The fourth-order valence-corrected chi connectivity index (χ4v) is 3.34. The number of benzene rings is 2. The van der Waals surface area contributed by atoms with Gasteiger partial charge in [-0.3, -0.25) is 0 Å². The summed E-state index contributed by atoms with van der Waals surface area (Å²) in [6.07, 6.45) is 3.19. The number of nitrogens with zero attached hydrogens (tertiary/aromatic N) is 3. The quantitative estimate of drug-likeness (QED) is 0.462. The fourth-order valence-electron chi connectivity index (χ4n) is 3.34. The van der Waals surface area contributed by atoms with Crippen molar-refractivity contribution in [3.05, 3.63) is 78.1 Å². The summed E-state index contributed by atoms with van der Waals surface area (Å²) in [7, 11) is 1.53. The van der Waals surface area contributed by atoms with Gasteiger partial charge in [0.15, 0.2) is 5.75 Å². The zero-order chi connectivity index (χ0) is 22.0. The van der Waals surface area contributed by atoms with Crippen LogP contribution in [0.2, 0.25) is 0 Å². The molecule has 4 rings (SSSR count). The second-order valence-corrected chi connectivity index (χ2v) is 7.54. The van der Waals surface area contributed by atoms with Crippen LogP contribution >= 0.6 is 0 Å². The van der Waals surface area contributed by atoms with Crippen molar-refractivity contribution < 1.29 is 14.6 Å². The molecule has 0 radical (unpaired) electrons. The molecule has 0 aliphatic carbocycles. The summed E-state index contributed by atoms with van der Waals surface area (Å²) >= 11 is 0. The predicted molar refractivity (Wildman–Crippen MR) is 118 cm³/mol. The Morgan fingerprint density at radius 1 is 1.06 bits per heavy atom. The van der Waals surface area contributed by atoms with Gasteiger partial charge in [-0.15, -0.1) is 0 Å². The maximum Gasteiger partial charge on any atom is 0.154 e. The lowest BCUT2D eigenvalue weighted by molar-refractivity contribution is 0.0760. The van der Waals surface area contributed by atoms with Crippen molar-refractivity contribution in [3.8, 4) is 23.3 Å². The van der Waals surface area contributed by atoms with Crippen LogP contribution in [0.1, 0.15) is 25.0 Å². The maximum absolute atomic E-state index is 10.5. The Morgan fingerprint density at radius 2 is 1.74 bits per heavy atom. The average Bonchev–Trinajstić information content (AvgIpc) is 3.16. The second kappa shape index (κ2) is 8.01. The van der Waals surface area contributed by atoms with Crippen LogP contribution < -0.4 is 14.8 Å². The van der Waals surface area contributed by atoms with Gasteiger partial charge in [-0.2, -0.15) is 10.4 Å². The number of hydrogen-bond acceptors (Lipinski definition) is 6. The highest BCUT2D eigenvalue weighted by molar-refractivity contribution is 5.87. The molecule has 4 aromatic rings.